The molecule has 0 saturated heterocycles. The normalized spacial score (nSPS) is 10.8. The molecule has 6 nitrogen and oxygen atoms in total. The average Bonchev–Trinajstić information content (AvgIpc) is 2.90. The number of hydrogen-bond donors (Lipinski definition) is 1. The molecule has 0 radical (unpaired) electrons. The number of unbranched alkanes of at least 4 members (excludes halogenated alkanes) is 1. The Kier molecular flexibility index (Phi) is 10.6. The molecule has 0 bridgehead atoms. The number of benzene rings is 3. The lowest BCUT2D eigenvalue weighted by molar-refractivity contribution is -0.146. The number of nitrogens with zero attached hydrogens (tertiary/aromatic N) is 1. The first-order chi connectivity index (χ1) is 17.9. The van der Waals surface area contributed by atoms with E-state index >= 15 is 0 Å². The molecule has 3 aromatic rings. The molecule has 0 aliphatic carbocycles. The van der Waals surface area contributed by atoms with Crippen LogP contribution in [0.3, 0.4) is 0 Å². The van der Waals surface area contributed by atoms with Crippen molar-refractivity contribution in [2.45, 2.75) is 26.7 Å². The van der Waals surface area contributed by atoms with Crippen molar-refractivity contribution in [3.8, 4) is 16.9 Å². The Morgan fingerprint density at radius 2 is 1.65 bits per heavy atom. The number of nitrogens with one attached hydrogen (secondary N) is 1. The maximum Gasteiger partial charge on any atom is 0.344 e. The molecule has 3 rings (SSSR count). The minimum atomic E-state index is -0.704. The molecule has 0 spiro atoms. The molecular weight excluding hydrogens is 478 g/mol. The van der Waals surface area contributed by atoms with Crippen molar-refractivity contribution < 1.29 is 27.8 Å². The third kappa shape index (κ3) is 8.68. The van der Waals surface area contributed by atoms with Gasteiger partial charge < -0.3 is 19.7 Å². The highest BCUT2D eigenvalue weighted by molar-refractivity contribution is 6.05. The van der Waals surface area contributed by atoms with Crippen LogP contribution in [-0.4, -0.2) is 49.6 Å². The predicted octanol–water partition coefficient (Wildman–Crippen LogP) is 5.93. The van der Waals surface area contributed by atoms with E-state index in [0.29, 0.717) is 29.2 Å². The van der Waals surface area contributed by atoms with Gasteiger partial charge in [0.05, 0.1) is 12.2 Å². The van der Waals surface area contributed by atoms with Gasteiger partial charge in [0, 0.05) is 11.8 Å². The molecule has 3 aromatic carbocycles. The second-order valence-corrected chi connectivity index (χ2v) is 8.43. The standard InChI is InChI=1S/C29H32F2N2O4/c1-3-33(4-2)15-5-6-16-36-28(34)20-37-25-12-8-11-24(19-25)32-29(35)26-18-22(13-14-27(26)31)21-9-7-10-23(30)17-21/h7-14,17-19H,3-6,15-16,20H2,1-2H3,(H,32,35). The van der Waals surface area contributed by atoms with Gasteiger partial charge in [-0.05, 0) is 80.0 Å². The molecule has 0 saturated carbocycles. The van der Waals surface area contributed by atoms with Crippen LogP contribution < -0.4 is 10.1 Å². The largest absolute Gasteiger partial charge is 0.482 e. The molecule has 1 N–H and O–H groups in total. The Labute approximate surface area is 216 Å². The van der Waals surface area contributed by atoms with Crippen LogP contribution in [0.4, 0.5) is 14.5 Å². The Morgan fingerprint density at radius 1 is 0.892 bits per heavy atom. The van der Waals surface area contributed by atoms with Gasteiger partial charge in [-0.2, -0.15) is 0 Å². The van der Waals surface area contributed by atoms with Crippen LogP contribution in [-0.2, 0) is 9.53 Å². The number of hydrogen-bond acceptors (Lipinski definition) is 5. The highest BCUT2D eigenvalue weighted by atomic mass is 19.1. The van der Waals surface area contributed by atoms with Gasteiger partial charge in [0.1, 0.15) is 17.4 Å². The fourth-order valence-corrected chi connectivity index (χ4v) is 3.76. The van der Waals surface area contributed by atoms with E-state index in [4.69, 9.17) is 9.47 Å². The molecule has 8 heteroatoms. The second kappa shape index (κ2) is 14.1. The van der Waals surface area contributed by atoms with Crippen LogP contribution in [0.2, 0.25) is 0 Å². The summed E-state index contributed by atoms with van der Waals surface area (Å²) in [5, 5.41) is 2.63. The summed E-state index contributed by atoms with van der Waals surface area (Å²) in [7, 11) is 0. The molecule has 0 atom stereocenters. The summed E-state index contributed by atoms with van der Waals surface area (Å²) in [5.74, 6) is -1.93. The average molecular weight is 511 g/mol. The number of rotatable bonds is 13. The van der Waals surface area contributed by atoms with Crippen LogP contribution >= 0.6 is 0 Å². The van der Waals surface area contributed by atoms with Crippen molar-refractivity contribution in [3.05, 3.63) is 83.9 Å². The summed E-state index contributed by atoms with van der Waals surface area (Å²) in [6.07, 6.45) is 1.73. The lowest BCUT2D eigenvalue weighted by atomic mass is 10.0. The maximum absolute atomic E-state index is 14.4. The number of esters is 1. The van der Waals surface area contributed by atoms with E-state index in [1.165, 1.54) is 36.4 Å². The zero-order valence-electron chi connectivity index (χ0n) is 21.1. The molecular formula is C29H32F2N2O4. The predicted molar refractivity (Wildman–Crippen MR) is 140 cm³/mol. The third-order valence-corrected chi connectivity index (χ3v) is 5.84. The van der Waals surface area contributed by atoms with E-state index in [2.05, 4.69) is 24.1 Å². The first-order valence-corrected chi connectivity index (χ1v) is 12.4. The van der Waals surface area contributed by atoms with E-state index in [9.17, 15) is 18.4 Å². The summed E-state index contributed by atoms with van der Waals surface area (Å²) in [4.78, 5) is 27.1. The first-order valence-electron chi connectivity index (χ1n) is 12.4. The monoisotopic (exact) mass is 510 g/mol. The molecule has 0 unspecified atom stereocenters. The molecule has 37 heavy (non-hydrogen) atoms. The van der Waals surface area contributed by atoms with Gasteiger partial charge in [-0.3, -0.25) is 4.79 Å². The van der Waals surface area contributed by atoms with Gasteiger partial charge in [-0.1, -0.05) is 38.1 Å². The lowest BCUT2D eigenvalue weighted by Gasteiger charge is -2.17. The van der Waals surface area contributed by atoms with Crippen LogP contribution in [0.15, 0.2) is 66.7 Å². The van der Waals surface area contributed by atoms with Gasteiger partial charge in [0.2, 0.25) is 0 Å². The number of ether oxygens (including phenoxy) is 2. The smallest absolute Gasteiger partial charge is 0.344 e. The summed E-state index contributed by atoms with van der Waals surface area (Å²) >= 11 is 0. The highest BCUT2D eigenvalue weighted by Gasteiger charge is 2.14. The lowest BCUT2D eigenvalue weighted by Crippen LogP contribution is -2.24. The van der Waals surface area contributed by atoms with Crippen molar-refractivity contribution in [2.24, 2.45) is 0 Å². The molecule has 1 amide bonds. The van der Waals surface area contributed by atoms with Gasteiger partial charge in [0.15, 0.2) is 6.61 Å². The molecule has 196 valence electrons. The van der Waals surface area contributed by atoms with Crippen LogP contribution in [0.1, 0.15) is 37.0 Å². The SMILES string of the molecule is CCN(CC)CCCCOC(=O)COc1cccc(NC(=O)c2cc(-c3cccc(F)c3)ccc2F)c1. The first kappa shape index (κ1) is 27.8. The number of amides is 1. The van der Waals surface area contributed by atoms with E-state index in [-0.39, 0.29) is 12.2 Å². The van der Waals surface area contributed by atoms with Crippen molar-refractivity contribution in [1.82, 2.24) is 4.90 Å². The van der Waals surface area contributed by atoms with E-state index in [0.717, 1.165) is 32.5 Å². The molecule has 0 fully saturated rings. The number of anilines is 1. The summed E-state index contributed by atoms with van der Waals surface area (Å²) in [6.45, 7) is 7.27. The quantitative estimate of drug-likeness (QED) is 0.228. The third-order valence-electron chi connectivity index (χ3n) is 5.84. The summed E-state index contributed by atoms with van der Waals surface area (Å²) in [6, 6.07) is 16.3. The second-order valence-electron chi connectivity index (χ2n) is 8.43. The van der Waals surface area contributed by atoms with Crippen LogP contribution in [0.5, 0.6) is 5.75 Å². The Bertz CT molecular complexity index is 1200. The van der Waals surface area contributed by atoms with Crippen LogP contribution in [0, 0.1) is 11.6 Å². The van der Waals surface area contributed by atoms with E-state index < -0.39 is 23.5 Å². The highest BCUT2D eigenvalue weighted by Crippen LogP contribution is 2.24. The van der Waals surface area contributed by atoms with Gasteiger partial charge in [-0.25, -0.2) is 13.6 Å². The molecule has 0 aliphatic heterocycles. The van der Waals surface area contributed by atoms with Crippen molar-refractivity contribution in [1.29, 1.82) is 0 Å². The van der Waals surface area contributed by atoms with Gasteiger partial charge in [-0.15, -0.1) is 0 Å². The molecule has 0 aliphatic rings. The minimum absolute atomic E-state index is 0.183. The summed E-state index contributed by atoms with van der Waals surface area (Å²) in [5.41, 5.74) is 1.22. The fourth-order valence-electron chi connectivity index (χ4n) is 3.76. The Balaban J connectivity index is 1.52. The fraction of sp³-hybridized carbons (Fsp3) is 0.310. The number of halogens is 2. The van der Waals surface area contributed by atoms with E-state index in [1.54, 1.807) is 30.3 Å². The molecule has 0 heterocycles. The van der Waals surface area contributed by atoms with E-state index in [1.807, 2.05) is 0 Å². The maximum atomic E-state index is 14.4. The molecule has 0 aromatic heterocycles. The Morgan fingerprint density at radius 3 is 2.41 bits per heavy atom. The van der Waals surface area contributed by atoms with Crippen LogP contribution in [0.25, 0.3) is 11.1 Å². The Hall–Kier alpha value is -3.78. The van der Waals surface area contributed by atoms with Crippen molar-refractivity contribution >= 4 is 17.6 Å². The number of carbonyl (C=O) groups is 2. The van der Waals surface area contributed by atoms with Gasteiger partial charge >= 0.3 is 5.97 Å². The van der Waals surface area contributed by atoms with Gasteiger partial charge in [0.25, 0.3) is 5.91 Å². The number of carbonyl (C=O) groups excluding carboxylic acids is 2. The topological polar surface area (TPSA) is 67.9 Å². The van der Waals surface area contributed by atoms with Crippen molar-refractivity contribution in [2.75, 3.05) is 38.2 Å². The zero-order chi connectivity index (χ0) is 26.6. The summed E-state index contributed by atoms with van der Waals surface area (Å²) < 4.78 is 38.7. The van der Waals surface area contributed by atoms with Crippen molar-refractivity contribution in [3.63, 3.8) is 0 Å². The minimum Gasteiger partial charge on any atom is -0.482 e. The zero-order valence-corrected chi connectivity index (χ0v) is 21.1.